The summed E-state index contributed by atoms with van der Waals surface area (Å²) in [6.07, 6.45) is 2.32. The third-order valence-electron chi connectivity index (χ3n) is 4.37. The van der Waals surface area contributed by atoms with E-state index in [1.807, 2.05) is 0 Å². The van der Waals surface area contributed by atoms with Gasteiger partial charge in [0.05, 0.1) is 7.11 Å². The van der Waals surface area contributed by atoms with Gasteiger partial charge >= 0.3 is 12.1 Å². The van der Waals surface area contributed by atoms with Crippen LogP contribution >= 0.6 is 0 Å². The van der Waals surface area contributed by atoms with Gasteiger partial charge in [-0.2, -0.15) is 0 Å². The Labute approximate surface area is 194 Å². The van der Waals surface area contributed by atoms with Gasteiger partial charge in [-0.3, -0.25) is 14.4 Å². The number of nitrogens with zero attached hydrogens (tertiary/aromatic N) is 1. The van der Waals surface area contributed by atoms with Crippen molar-refractivity contribution in [3.63, 3.8) is 0 Å². The number of amides is 3. The molecule has 33 heavy (non-hydrogen) atoms. The van der Waals surface area contributed by atoms with Crippen molar-refractivity contribution < 1.29 is 28.7 Å². The predicted molar refractivity (Wildman–Crippen MR) is 125 cm³/mol. The number of nitrogens with one attached hydrogen (secondary N) is 2. The van der Waals surface area contributed by atoms with Crippen LogP contribution in [0, 0.1) is 0 Å². The van der Waals surface area contributed by atoms with E-state index in [0.29, 0.717) is 5.56 Å². The van der Waals surface area contributed by atoms with E-state index in [9.17, 15) is 19.2 Å². The zero-order valence-electron chi connectivity index (χ0n) is 19.8. The maximum atomic E-state index is 13.3. The molecule has 0 saturated heterocycles. The second kappa shape index (κ2) is 12.4. The van der Waals surface area contributed by atoms with Crippen LogP contribution in [0.5, 0.6) is 0 Å². The van der Waals surface area contributed by atoms with Crippen LogP contribution < -0.4 is 10.6 Å². The molecule has 0 aromatic heterocycles. The van der Waals surface area contributed by atoms with Gasteiger partial charge in [0.15, 0.2) is 0 Å². The second-order valence-electron chi connectivity index (χ2n) is 8.22. The summed E-state index contributed by atoms with van der Waals surface area (Å²) in [5.74, 6) is -1.77. The number of ether oxygens (including phenoxy) is 2. The van der Waals surface area contributed by atoms with Crippen molar-refractivity contribution in [1.29, 1.82) is 0 Å². The van der Waals surface area contributed by atoms with Gasteiger partial charge in [-0.15, -0.1) is 6.58 Å². The lowest BCUT2D eigenvalue weighted by Gasteiger charge is -2.33. The molecule has 2 atom stereocenters. The molecule has 0 aliphatic heterocycles. The van der Waals surface area contributed by atoms with Gasteiger partial charge in [0.25, 0.3) is 0 Å². The average Bonchev–Trinajstić information content (AvgIpc) is 2.75. The van der Waals surface area contributed by atoms with Crippen LogP contribution in [0.25, 0.3) is 6.08 Å². The molecular weight excluding hydrogens is 426 g/mol. The molecule has 1 aromatic rings. The Kier molecular flexibility index (Phi) is 10.3. The Hall–Kier alpha value is -3.62. The van der Waals surface area contributed by atoms with Gasteiger partial charge in [0, 0.05) is 6.54 Å². The Bertz CT molecular complexity index is 890. The normalized spacial score (nSPS) is 12.5. The molecule has 0 saturated carbocycles. The summed E-state index contributed by atoms with van der Waals surface area (Å²) < 4.78 is 9.79. The van der Waals surface area contributed by atoms with Crippen molar-refractivity contribution in [3.8, 4) is 0 Å². The van der Waals surface area contributed by atoms with Gasteiger partial charge < -0.3 is 25.0 Å². The fourth-order valence-corrected chi connectivity index (χ4v) is 2.91. The number of benzene rings is 1. The number of hydrogen-bond acceptors (Lipinski definition) is 6. The van der Waals surface area contributed by atoms with E-state index in [1.54, 1.807) is 51.1 Å². The van der Waals surface area contributed by atoms with Crippen molar-refractivity contribution in [2.75, 3.05) is 20.2 Å². The SMILES string of the molecule is C=CCN(C(=O)C(C)NC(=O)OC(C)(C)C)C(C(=O)NCC(=O)OC)c1cccc(C=C)c1. The lowest BCUT2D eigenvalue weighted by atomic mass is 10.0. The van der Waals surface area contributed by atoms with E-state index in [1.165, 1.54) is 25.0 Å². The Balaban J connectivity index is 3.29. The molecule has 0 aliphatic carbocycles. The van der Waals surface area contributed by atoms with Crippen molar-refractivity contribution in [2.24, 2.45) is 0 Å². The fraction of sp³-hybridized carbons (Fsp3) is 0.417. The summed E-state index contributed by atoms with van der Waals surface area (Å²) in [6, 6.07) is 4.81. The highest BCUT2D eigenvalue weighted by molar-refractivity contribution is 5.93. The topological polar surface area (TPSA) is 114 Å². The van der Waals surface area contributed by atoms with Gasteiger partial charge in [-0.25, -0.2) is 4.79 Å². The number of carbonyl (C=O) groups excluding carboxylic acids is 4. The number of methoxy groups -OCH3 is 1. The number of carbonyl (C=O) groups is 4. The molecule has 1 aromatic carbocycles. The highest BCUT2D eigenvalue weighted by Gasteiger charge is 2.34. The largest absolute Gasteiger partial charge is 0.468 e. The first-order valence-electron chi connectivity index (χ1n) is 10.4. The summed E-state index contributed by atoms with van der Waals surface area (Å²) in [5.41, 5.74) is 0.494. The van der Waals surface area contributed by atoms with Crippen LogP contribution in [0.4, 0.5) is 4.79 Å². The van der Waals surface area contributed by atoms with Gasteiger partial charge in [-0.05, 0) is 44.9 Å². The molecule has 0 bridgehead atoms. The van der Waals surface area contributed by atoms with E-state index in [2.05, 4.69) is 28.5 Å². The second-order valence-corrected chi connectivity index (χ2v) is 8.22. The molecule has 0 fully saturated rings. The molecule has 9 heteroatoms. The first kappa shape index (κ1) is 27.4. The molecule has 0 radical (unpaired) electrons. The van der Waals surface area contributed by atoms with Crippen molar-refractivity contribution >= 4 is 30.0 Å². The minimum Gasteiger partial charge on any atom is -0.468 e. The third-order valence-corrected chi connectivity index (χ3v) is 4.37. The highest BCUT2D eigenvalue weighted by atomic mass is 16.6. The summed E-state index contributed by atoms with van der Waals surface area (Å²) >= 11 is 0. The van der Waals surface area contributed by atoms with Crippen LogP contribution in [0.3, 0.4) is 0 Å². The summed E-state index contributed by atoms with van der Waals surface area (Å²) in [4.78, 5) is 51.4. The van der Waals surface area contributed by atoms with Crippen molar-refractivity contribution in [3.05, 3.63) is 54.6 Å². The van der Waals surface area contributed by atoms with Crippen LogP contribution in [-0.4, -0.2) is 60.6 Å². The zero-order valence-corrected chi connectivity index (χ0v) is 19.8. The first-order chi connectivity index (χ1) is 15.4. The molecule has 3 amide bonds. The Morgan fingerprint density at radius 1 is 1.18 bits per heavy atom. The molecule has 0 spiro atoms. The van der Waals surface area contributed by atoms with Gasteiger partial charge in [0.2, 0.25) is 11.8 Å². The van der Waals surface area contributed by atoms with Crippen LogP contribution in [0.15, 0.2) is 43.5 Å². The number of alkyl carbamates (subject to hydrolysis) is 1. The summed E-state index contributed by atoms with van der Waals surface area (Å²) in [5, 5.41) is 4.99. The van der Waals surface area contributed by atoms with E-state index in [-0.39, 0.29) is 13.1 Å². The summed E-state index contributed by atoms with van der Waals surface area (Å²) in [6.45, 7) is 13.7. The van der Waals surface area contributed by atoms with E-state index >= 15 is 0 Å². The highest BCUT2D eigenvalue weighted by Crippen LogP contribution is 2.24. The standard InChI is InChI=1S/C24H33N3O6/c1-8-13-27(22(30)16(3)26-23(31)33-24(4,5)6)20(21(29)25-15-19(28)32-7)18-12-10-11-17(9-2)14-18/h8-12,14,16,20H,1-2,13,15H2,3-7H3,(H,25,29)(H,26,31). The van der Waals surface area contributed by atoms with Crippen LogP contribution in [0.2, 0.25) is 0 Å². The quantitative estimate of drug-likeness (QED) is 0.411. The molecule has 0 aliphatic rings. The van der Waals surface area contributed by atoms with Gasteiger partial charge in [-0.1, -0.05) is 36.9 Å². The smallest absolute Gasteiger partial charge is 0.408 e. The van der Waals surface area contributed by atoms with Crippen molar-refractivity contribution in [2.45, 2.75) is 45.4 Å². The monoisotopic (exact) mass is 459 g/mol. The van der Waals surface area contributed by atoms with Crippen LogP contribution in [0.1, 0.15) is 44.9 Å². The molecule has 2 unspecified atom stereocenters. The van der Waals surface area contributed by atoms with Gasteiger partial charge in [0.1, 0.15) is 24.2 Å². The fourth-order valence-electron chi connectivity index (χ4n) is 2.91. The maximum absolute atomic E-state index is 13.3. The predicted octanol–water partition coefficient (Wildman–Crippen LogP) is 2.59. The Morgan fingerprint density at radius 3 is 2.39 bits per heavy atom. The molecule has 0 heterocycles. The van der Waals surface area contributed by atoms with E-state index in [4.69, 9.17) is 4.74 Å². The van der Waals surface area contributed by atoms with Crippen LogP contribution in [-0.2, 0) is 23.9 Å². The number of hydrogen-bond donors (Lipinski definition) is 2. The molecule has 2 N–H and O–H groups in total. The number of rotatable bonds is 10. The minimum absolute atomic E-state index is 0.00774. The summed E-state index contributed by atoms with van der Waals surface area (Å²) in [7, 11) is 1.21. The number of esters is 1. The average molecular weight is 460 g/mol. The maximum Gasteiger partial charge on any atom is 0.408 e. The third kappa shape index (κ3) is 8.80. The molecule has 1 rings (SSSR count). The molecular formula is C24H33N3O6. The molecule has 9 nitrogen and oxygen atoms in total. The first-order valence-corrected chi connectivity index (χ1v) is 10.4. The lowest BCUT2D eigenvalue weighted by Crippen LogP contribution is -2.52. The minimum atomic E-state index is -1.11. The zero-order chi connectivity index (χ0) is 25.2. The van der Waals surface area contributed by atoms with Crippen molar-refractivity contribution in [1.82, 2.24) is 15.5 Å². The van der Waals surface area contributed by atoms with E-state index < -0.39 is 41.6 Å². The molecule has 180 valence electrons. The Morgan fingerprint density at radius 2 is 1.85 bits per heavy atom. The lowest BCUT2D eigenvalue weighted by molar-refractivity contribution is -0.144. The van der Waals surface area contributed by atoms with E-state index in [0.717, 1.165) is 5.56 Å².